The molecule has 4 rings (SSSR count). The van der Waals surface area contributed by atoms with Crippen LogP contribution in [-0.2, 0) is 11.2 Å². The van der Waals surface area contributed by atoms with Gasteiger partial charge in [-0.25, -0.2) is 0 Å². The third-order valence-corrected chi connectivity index (χ3v) is 4.95. The average Bonchev–Trinajstić information content (AvgIpc) is 3.01. The van der Waals surface area contributed by atoms with Crippen molar-refractivity contribution in [2.75, 3.05) is 18.6 Å². The number of ether oxygens (including phenoxy) is 2. The Kier molecular flexibility index (Phi) is 4.73. The monoisotopic (exact) mass is 379 g/mol. The number of fused-ring (bicyclic) bond motifs is 4. The van der Waals surface area contributed by atoms with Crippen molar-refractivity contribution >= 4 is 29.4 Å². The number of amides is 2. The number of nitrogens with zero attached hydrogens (tertiary/aromatic N) is 2. The number of primary amides is 1. The lowest BCUT2D eigenvalue weighted by atomic mass is 10.1. The molecule has 0 fully saturated rings. The van der Waals surface area contributed by atoms with Crippen LogP contribution >= 0.6 is 0 Å². The van der Waals surface area contributed by atoms with Gasteiger partial charge in [0.25, 0.3) is 5.91 Å². The zero-order valence-electron chi connectivity index (χ0n) is 15.6. The first-order valence-corrected chi connectivity index (χ1v) is 9.17. The summed E-state index contributed by atoms with van der Waals surface area (Å²) in [6.07, 6.45) is 3.31. The van der Waals surface area contributed by atoms with E-state index in [1.807, 2.05) is 30.5 Å². The van der Waals surface area contributed by atoms with Gasteiger partial charge in [-0.1, -0.05) is 18.2 Å². The molecular formula is C21H21N3O4. The lowest BCUT2D eigenvalue weighted by Gasteiger charge is -2.22. The van der Waals surface area contributed by atoms with E-state index in [-0.39, 0.29) is 24.3 Å². The number of carbonyl (C=O) groups excluding carboxylic acids is 2. The highest BCUT2D eigenvalue weighted by atomic mass is 16.5. The minimum atomic E-state index is -0.367. The summed E-state index contributed by atoms with van der Waals surface area (Å²) in [5.74, 6) is 0.458. The number of aliphatic imine (C=N–C) groups is 1. The number of rotatable bonds is 6. The smallest absolute Gasteiger partial charge is 0.261 e. The molecule has 144 valence electrons. The van der Waals surface area contributed by atoms with Crippen LogP contribution in [0.2, 0.25) is 0 Å². The summed E-state index contributed by atoms with van der Waals surface area (Å²) in [7, 11) is 1.52. The highest BCUT2D eigenvalue weighted by Gasteiger charge is 2.36. The molecule has 2 aliphatic rings. The average molecular weight is 379 g/mol. The molecule has 2 aromatic carbocycles. The molecule has 2 aliphatic heterocycles. The van der Waals surface area contributed by atoms with E-state index in [9.17, 15) is 9.59 Å². The lowest BCUT2D eigenvalue weighted by Crippen LogP contribution is -2.37. The molecule has 28 heavy (non-hydrogen) atoms. The Morgan fingerprint density at radius 3 is 2.89 bits per heavy atom. The summed E-state index contributed by atoms with van der Waals surface area (Å²) >= 11 is 0. The molecule has 2 amide bonds. The van der Waals surface area contributed by atoms with Crippen molar-refractivity contribution in [1.29, 1.82) is 0 Å². The van der Waals surface area contributed by atoms with Gasteiger partial charge in [-0.15, -0.1) is 0 Å². The summed E-state index contributed by atoms with van der Waals surface area (Å²) in [6.45, 7) is 0.317. The standard InChI is InChI=1S/C21H21N3O4/c1-27-18-10-15-16(11-19(18)28-8-4-7-20(22)25)23-12-14-9-13-5-2-3-6-17(13)24(14)21(15)26/h2-3,5-6,10-12,14H,4,7-9H2,1H3,(H2,22,25)/t14-/m0/s1. The van der Waals surface area contributed by atoms with Crippen molar-refractivity contribution in [2.45, 2.75) is 25.3 Å². The van der Waals surface area contributed by atoms with E-state index in [0.29, 0.717) is 35.8 Å². The number of methoxy groups -OCH3 is 1. The molecule has 7 nitrogen and oxygen atoms in total. The molecular weight excluding hydrogens is 358 g/mol. The topological polar surface area (TPSA) is 94.2 Å². The van der Waals surface area contributed by atoms with Crippen molar-refractivity contribution in [1.82, 2.24) is 0 Å². The molecule has 0 aromatic heterocycles. The Balaban J connectivity index is 1.65. The number of hydrogen-bond donors (Lipinski definition) is 1. The van der Waals surface area contributed by atoms with Gasteiger partial charge in [-0.2, -0.15) is 0 Å². The van der Waals surface area contributed by atoms with Crippen LogP contribution in [0, 0.1) is 0 Å². The molecule has 1 atom stereocenters. The number of benzene rings is 2. The normalized spacial score (nSPS) is 16.8. The molecule has 7 heteroatoms. The highest BCUT2D eigenvalue weighted by molar-refractivity contribution is 6.14. The van der Waals surface area contributed by atoms with Crippen LogP contribution in [0.1, 0.15) is 28.8 Å². The molecule has 0 aliphatic carbocycles. The third kappa shape index (κ3) is 3.19. The second-order valence-corrected chi connectivity index (χ2v) is 6.79. The summed E-state index contributed by atoms with van der Waals surface area (Å²) < 4.78 is 11.2. The van der Waals surface area contributed by atoms with Crippen LogP contribution in [-0.4, -0.2) is 37.8 Å². The first kappa shape index (κ1) is 18.0. The van der Waals surface area contributed by atoms with Crippen LogP contribution in [0.25, 0.3) is 0 Å². The highest BCUT2D eigenvalue weighted by Crippen LogP contribution is 2.40. The zero-order valence-corrected chi connectivity index (χ0v) is 15.6. The fraction of sp³-hybridized carbons (Fsp3) is 0.286. The van der Waals surface area contributed by atoms with Gasteiger partial charge < -0.3 is 15.2 Å². The van der Waals surface area contributed by atoms with Crippen LogP contribution in [0.5, 0.6) is 11.5 Å². The number of nitrogens with two attached hydrogens (primary N) is 1. The van der Waals surface area contributed by atoms with Gasteiger partial charge in [0.2, 0.25) is 5.91 Å². The van der Waals surface area contributed by atoms with Gasteiger partial charge in [0.15, 0.2) is 11.5 Å². The quantitative estimate of drug-likeness (QED) is 0.781. The van der Waals surface area contributed by atoms with Gasteiger partial charge in [0.1, 0.15) is 0 Å². The fourth-order valence-electron chi connectivity index (χ4n) is 3.62. The van der Waals surface area contributed by atoms with E-state index >= 15 is 0 Å². The van der Waals surface area contributed by atoms with Gasteiger partial charge in [0, 0.05) is 30.8 Å². The van der Waals surface area contributed by atoms with Gasteiger partial charge >= 0.3 is 0 Å². The van der Waals surface area contributed by atoms with E-state index in [1.165, 1.54) is 7.11 Å². The van der Waals surface area contributed by atoms with Gasteiger partial charge in [-0.3, -0.25) is 19.5 Å². The second-order valence-electron chi connectivity index (χ2n) is 6.79. The first-order valence-electron chi connectivity index (χ1n) is 9.17. The van der Waals surface area contributed by atoms with E-state index in [2.05, 4.69) is 4.99 Å². The maximum absolute atomic E-state index is 13.3. The van der Waals surface area contributed by atoms with Crippen molar-refractivity contribution in [2.24, 2.45) is 10.7 Å². The maximum atomic E-state index is 13.3. The third-order valence-electron chi connectivity index (χ3n) is 4.95. The Bertz CT molecular complexity index is 970. The fourth-order valence-corrected chi connectivity index (χ4v) is 3.62. The van der Waals surface area contributed by atoms with Crippen molar-refractivity contribution in [3.63, 3.8) is 0 Å². The summed E-state index contributed by atoms with van der Waals surface area (Å²) in [4.78, 5) is 30.5. The molecule has 2 N–H and O–H groups in total. The molecule has 0 saturated heterocycles. The van der Waals surface area contributed by atoms with Crippen LogP contribution < -0.4 is 20.1 Å². The number of hydrogen-bond acceptors (Lipinski definition) is 5. The predicted octanol–water partition coefficient (Wildman–Crippen LogP) is 2.63. The summed E-state index contributed by atoms with van der Waals surface area (Å²) in [6, 6.07) is 11.2. The minimum Gasteiger partial charge on any atom is -0.493 e. The maximum Gasteiger partial charge on any atom is 0.261 e. The van der Waals surface area contributed by atoms with Crippen LogP contribution in [0.15, 0.2) is 41.4 Å². The Labute approximate surface area is 162 Å². The zero-order chi connectivity index (χ0) is 19.7. The lowest BCUT2D eigenvalue weighted by molar-refractivity contribution is -0.118. The van der Waals surface area contributed by atoms with Crippen LogP contribution in [0.3, 0.4) is 0 Å². The minimum absolute atomic E-state index is 0.108. The predicted molar refractivity (Wildman–Crippen MR) is 106 cm³/mol. The van der Waals surface area contributed by atoms with E-state index in [4.69, 9.17) is 15.2 Å². The molecule has 0 saturated carbocycles. The largest absolute Gasteiger partial charge is 0.493 e. The molecule has 0 radical (unpaired) electrons. The Morgan fingerprint density at radius 1 is 1.29 bits per heavy atom. The molecule has 0 unspecified atom stereocenters. The summed E-state index contributed by atoms with van der Waals surface area (Å²) in [5, 5.41) is 0. The van der Waals surface area contributed by atoms with Gasteiger partial charge in [-0.05, 0) is 24.1 Å². The van der Waals surface area contributed by atoms with E-state index in [0.717, 1.165) is 17.7 Å². The Hall–Kier alpha value is -3.35. The molecule has 0 bridgehead atoms. The first-order chi connectivity index (χ1) is 13.6. The second kappa shape index (κ2) is 7.34. The van der Waals surface area contributed by atoms with Crippen molar-refractivity contribution < 1.29 is 19.1 Å². The van der Waals surface area contributed by atoms with Crippen LogP contribution in [0.4, 0.5) is 11.4 Å². The number of anilines is 1. The molecule has 2 heterocycles. The summed E-state index contributed by atoms with van der Waals surface area (Å²) in [5.41, 5.74) is 8.22. The Morgan fingerprint density at radius 2 is 2.11 bits per heavy atom. The van der Waals surface area contributed by atoms with Crippen molar-refractivity contribution in [3.8, 4) is 11.5 Å². The number of carbonyl (C=O) groups is 2. The van der Waals surface area contributed by atoms with Gasteiger partial charge in [0.05, 0.1) is 31.0 Å². The molecule has 2 aromatic rings. The molecule has 0 spiro atoms. The van der Waals surface area contributed by atoms with E-state index in [1.54, 1.807) is 17.0 Å². The SMILES string of the molecule is COc1cc2c(cc1OCCCC(N)=O)N=C[C@@H]1Cc3ccccc3N1C2=O. The number of para-hydroxylation sites is 1. The van der Waals surface area contributed by atoms with E-state index < -0.39 is 0 Å². The van der Waals surface area contributed by atoms with Crippen molar-refractivity contribution in [3.05, 3.63) is 47.5 Å².